The van der Waals surface area contributed by atoms with Crippen LogP contribution in [-0.2, 0) is 16.6 Å². The maximum absolute atomic E-state index is 13.0. The lowest BCUT2D eigenvalue weighted by Crippen LogP contribution is -2.29. The van der Waals surface area contributed by atoms with Crippen molar-refractivity contribution in [1.82, 2.24) is 15.0 Å². The summed E-state index contributed by atoms with van der Waals surface area (Å²) < 4.78 is 35.4. The Balaban J connectivity index is 1.80. The van der Waals surface area contributed by atoms with E-state index in [0.29, 0.717) is 28.4 Å². The van der Waals surface area contributed by atoms with E-state index in [2.05, 4.69) is 10.1 Å². The molecule has 31 heavy (non-hydrogen) atoms. The van der Waals surface area contributed by atoms with Gasteiger partial charge in [0.15, 0.2) is 0 Å². The van der Waals surface area contributed by atoms with Crippen LogP contribution in [0.1, 0.15) is 21.8 Å². The summed E-state index contributed by atoms with van der Waals surface area (Å²) in [4.78, 5) is 18.8. The molecular formula is C21H24N4O5S. The van der Waals surface area contributed by atoms with E-state index in [1.165, 1.54) is 11.9 Å². The van der Waals surface area contributed by atoms with E-state index < -0.39 is 10.0 Å². The molecule has 0 bridgehead atoms. The van der Waals surface area contributed by atoms with Gasteiger partial charge in [-0.3, -0.25) is 9.10 Å². The number of ether oxygens (including phenoxy) is 1. The molecule has 2 aromatic carbocycles. The van der Waals surface area contributed by atoms with Crippen LogP contribution < -0.4 is 9.04 Å². The molecule has 0 radical (unpaired) electrons. The molecular weight excluding hydrogens is 420 g/mol. The number of sulfonamides is 1. The van der Waals surface area contributed by atoms with E-state index in [0.717, 1.165) is 16.1 Å². The Labute approximate surface area is 181 Å². The molecule has 1 heterocycles. The zero-order valence-corrected chi connectivity index (χ0v) is 18.8. The van der Waals surface area contributed by atoms with E-state index in [1.54, 1.807) is 45.3 Å². The lowest BCUT2D eigenvalue weighted by Gasteiger charge is -2.22. The van der Waals surface area contributed by atoms with Crippen LogP contribution in [-0.4, -0.2) is 56.8 Å². The number of rotatable bonds is 7. The monoisotopic (exact) mass is 444 g/mol. The molecule has 1 aromatic heterocycles. The molecule has 0 unspecified atom stereocenters. The largest absolute Gasteiger partial charge is 0.497 e. The van der Waals surface area contributed by atoms with E-state index in [-0.39, 0.29) is 18.3 Å². The van der Waals surface area contributed by atoms with Crippen molar-refractivity contribution in [3.8, 4) is 17.1 Å². The van der Waals surface area contributed by atoms with Crippen molar-refractivity contribution in [3.63, 3.8) is 0 Å². The molecule has 0 saturated carbocycles. The van der Waals surface area contributed by atoms with Crippen LogP contribution in [0.25, 0.3) is 11.4 Å². The predicted molar refractivity (Wildman–Crippen MR) is 117 cm³/mol. The zero-order valence-electron chi connectivity index (χ0n) is 18.0. The highest BCUT2D eigenvalue weighted by Crippen LogP contribution is 2.25. The number of hydrogen-bond donors (Lipinski definition) is 0. The molecule has 0 spiro atoms. The quantitative estimate of drug-likeness (QED) is 0.552. The number of hydrogen-bond acceptors (Lipinski definition) is 7. The van der Waals surface area contributed by atoms with Crippen molar-refractivity contribution in [1.29, 1.82) is 0 Å². The molecule has 0 N–H and O–H groups in total. The van der Waals surface area contributed by atoms with Gasteiger partial charge in [0.2, 0.25) is 21.7 Å². The van der Waals surface area contributed by atoms with Crippen LogP contribution >= 0.6 is 0 Å². The molecule has 0 aliphatic heterocycles. The summed E-state index contributed by atoms with van der Waals surface area (Å²) in [5, 5.41) is 3.98. The fourth-order valence-corrected chi connectivity index (χ4v) is 3.61. The van der Waals surface area contributed by atoms with Crippen molar-refractivity contribution >= 4 is 21.6 Å². The van der Waals surface area contributed by atoms with Crippen LogP contribution in [0, 0.1) is 6.92 Å². The van der Waals surface area contributed by atoms with Gasteiger partial charge in [0.25, 0.3) is 5.91 Å². The average molecular weight is 445 g/mol. The molecule has 0 aliphatic carbocycles. The third kappa shape index (κ3) is 4.85. The summed E-state index contributed by atoms with van der Waals surface area (Å²) in [6.07, 6.45) is 1.11. The van der Waals surface area contributed by atoms with Crippen molar-refractivity contribution in [2.45, 2.75) is 13.5 Å². The van der Waals surface area contributed by atoms with E-state index in [1.807, 2.05) is 18.2 Å². The maximum Gasteiger partial charge on any atom is 0.254 e. The molecule has 0 saturated heterocycles. The first-order chi connectivity index (χ1) is 14.6. The highest BCUT2D eigenvalue weighted by atomic mass is 32.2. The van der Waals surface area contributed by atoms with Crippen LogP contribution in [0.4, 0.5) is 5.69 Å². The summed E-state index contributed by atoms with van der Waals surface area (Å²) in [6.45, 7) is 1.81. The lowest BCUT2D eigenvalue weighted by molar-refractivity contribution is 0.0769. The van der Waals surface area contributed by atoms with Gasteiger partial charge in [-0.15, -0.1) is 0 Å². The molecule has 3 rings (SSSR count). The second-order valence-electron chi connectivity index (χ2n) is 7.09. The topological polar surface area (TPSA) is 106 Å². The van der Waals surface area contributed by atoms with Gasteiger partial charge in [-0.1, -0.05) is 23.4 Å². The van der Waals surface area contributed by atoms with E-state index in [9.17, 15) is 13.2 Å². The Kier molecular flexibility index (Phi) is 6.30. The van der Waals surface area contributed by atoms with Gasteiger partial charge in [-0.05, 0) is 36.8 Å². The number of methoxy groups -OCH3 is 1. The van der Waals surface area contributed by atoms with E-state index in [4.69, 9.17) is 9.26 Å². The number of carbonyl (C=O) groups excluding carboxylic acids is 1. The van der Waals surface area contributed by atoms with Gasteiger partial charge in [0.05, 0.1) is 25.6 Å². The summed E-state index contributed by atoms with van der Waals surface area (Å²) in [6, 6.07) is 12.2. The van der Waals surface area contributed by atoms with Crippen molar-refractivity contribution in [2.75, 3.05) is 31.8 Å². The minimum Gasteiger partial charge on any atom is -0.497 e. The summed E-state index contributed by atoms with van der Waals surface area (Å²) >= 11 is 0. The highest BCUT2D eigenvalue weighted by Gasteiger charge is 2.22. The molecule has 0 atom stereocenters. The first-order valence-electron chi connectivity index (χ1n) is 9.37. The molecule has 0 aliphatic rings. The van der Waals surface area contributed by atoms with Gasteiger partial charge >= 0.3 is 0 Å². The van der Waals surface area contributed by atoms with Crippen LogP contribution in [0.15, 0.2) is 47.0 Å². The van der Waals surface area contributed by atoms with Crippen molar-refractivity contribution in [2.24, 2.45) is 0 Å². The summed E-state index contributed by atoms with van der Waals surface area (Å²) in [5.41, 5.74) is 2.13. The second kappa shape index (κ2) is 8.76. The lowest BCUT2D eigenvalue weighted by atomic mass is 10.1. The average Bonchev–Trinajstić information content (AvgIpc) is 3.20. The first-order valence-corrected chi connectivity index (χ1v) is 11.2. The predicted octanol–water partition coefficient (Wildman–Crippen LogP) is 2.72. The van der Waals surface area contributed by atoms with Gasteiger partial charge in [0.1, 0.15) is 5.75 Å². The van der Waals surface area contributed by atoms with Gasteiger partial charge < -0.3 is 14.2 Å². The number of aromatic nitrogens is 2. The molecule has 3 aromatic rings. The third-order valence-corrected chi connectivity index (χ3v) is 6.08. The van der Waals surface area contributed by atoms with Gasteiger partial charge in [0, 0.05) is 25.2 Å². The molecule has 1 amide bonds. The normalized spacial score (nSPS) is 11.3. The van der Waals surface area contributed by atoms with Crippen molar-refractivity contribution in [3.05, 3.63) is 59.5 Å². The maximum atomic E-state index is 13.0. The highest BCUT2D eigenvalue weighted by molar-refractivity contribution is 7.92. The Morgan fingerprint density at radius 2 is 1.87 bits per heavy atom. The number of carbonyl (C=O) groups is 1. The standard InChI is InChI=1S/C21H24N4O5S/c1-14-17(10-7-11-18(14)25(3)31(5,27)28)21(26)24(2)13-19-22-20(23-30-19)15-8-6-9-16(12-15)29-4/h6-12H,13H2,1-5H3. The van der Waals surface area contributed by atoms with Crippen LogP contribution in [0.3, 0.4) is 0 Å². The first kappa shape index (κ1) is 22.3. The van der Waals surface area contributed by atoms with Crippen molar-refractivity contribution < 1.29 is 22.5 Å². The Bertz CT molecular complexity index is 1210. The fraction of sp³-hybridized carbons (Fsp3) is 0.286. The smallest absolute Gasteiger partial charge is 0.254 e. The minimum absolute atomic E-state index is 0.0986. The molecule has 9 nitrogen and oxygen atoms in total. The third-order valence-electron chi connectivity index (χ3n) is 4.89. The Morgan fingerprint density at radius 1 is 1.16 bits per heavy atom. The molecule has 0 fully saturated rings. The van der Waals surface area contributed by atoms with Gasteiger partial charge in [-0.2, -0.15) is 4.98 Å². The van der Waals surface area contributed by atoms with Gasteiger partial charge in [-0.25, -0.2) is 8.42 Å². The fourth-order valence-electron chi connectivity index (χ4n) is 3.05. The number of anilines is 1. The SMILES string of the molecule is COc1cccc(-c2noc(CN(C)C(=O)c3cccc(N(C)S(C)(=O)=O)c3C)n2)c1. The molecule has 164 valence electrons. The Morgan fingerprint density at radius 3 is 2.55 bits per heavy atom. The number of amides is 1. The van der Waals surface area contributed by atoms with Crippen LogP contribution in [0.2, 0.25) is 0 Å². The molecule has 10 heteroatoms. The number of benzene rings is 2. The number of nitrogens with zero attached hydrogens (tertiary/aromatic N) is 4. The second-order valence-corrected chi connectivity index (χ2v) is 9.10. The zero-order chi connectivity index (χ0) is 22.8. The Hall–Kier alpha value is -3.40. The summed E-state index contributed by atoms with van der Waals surface area (Å²) in [5.74, 6) is 1.05. The minimum atomic E-state index is -3.45. The van der Waals surface area contributed by atoms with E-state index >= 15 is 0 Å². The van der Waals surface area contributed by atoms with Crippen LogP contribution in [0.5, 0.6) is 5.75 Å². The summed E-state index contributed by atoms with van der Waals surface area (Å²) in [7, 11) is 1.19.